The molecule has 1 heterocycles. The van der Waals surface area contributed by atoms with Gasteiger partial charge in [-0.05, 0) is 54.1 Å². The third-order valence-corrected chi connectivity index (χ3v) is 4.25. The van der Waals surface area contributed by atoms with E-state index in [2.05, 4.69) is 15.8 Å². The summed E-state index contributed by atoms with van der Waals surface area (Å²) in [6, 6.07) is 14.4. The average molecular weight is 451 g/mol. The van der Waals surface area contributed by atoms with Crippen LogP contribution >= 0.6 is 0 Å². The Kier molecular flexibility index (Phi) is 7.79. The Labute approximate surface area is 189 Å². The van der Waals surface area contributed by atoms with Crippen LogP contribution in [-0.2, 0) is 4.79 Å². The molecule has 0 spiro atoms. The van der Waals surface area contributed by atoms with Crippen LogP contribution in [0.5, 0.6) is 17.2 Å². The van der Waals surface area contributed by atoms with Crippen LogP contribution in [0.2, 0.25) is 0 Å². The third kappa shape index (κ3) is 6.44. The topological polar surface area (TPSA) is 128 Å². The third-order valence-electron chi connectivity index (χ3n) is 4.25. The molecule has 33 heavy (non-hydrogen) atoms. The molecule has 0 saturated carbocycles. The molecule has 10 nitrogen and oxygen atoms in total. The first-order valence-electron chi connectivity index (χ1n) is 9.68. The molecule has 0 radical (unpaired) electrons. The molecule has 0 aliphatic heterocycles. The molecular formula is C23H21N3O7. The van der Waals surface area contributed by atoms with Gasteiger partial charge in [-0.1, -0.05) is 6.07 Å². The molecule has 0 atom stereocenters. The van der Waals surface area contributed by atoms with Crippen LogP contribution in [0.25, 0.3) is 0 Å². The number of ether oxygens (including phenoxy) is 3. The Bertz CT molecular complexity index is 1160. The van der Waals surface area contributed by atoms with Gasteiger partial charge >= 0.3 is 5.97 Å². The smallest absolute Gasteiger partial charge is 0.343 e. The largest absolute Gasteiger partial charge is 0.497 e. The Morgan fingerprint density at radius 3 is 2.58 bits per heavy atom. The molecule has 0 aliphatic carbocycles. The van der Waals surface area contributed by atoms with Gasteiger partial charge in [-0.25, -0.2) is 10.2 Å². The second-order valence-corrected chi connectivity index (χ2v) is 6.48. The van der Waals surface area contributed by atoms with Crippen LogP contribution in [-0.4, -0.2) is 44.8 Å². The van der Waals surface area contributed by atoms with Gasteiger partial charge < -0.3 is 23.9 Å². The van der Waals surface area contributed by atoms with Crippen molar-refractivity contribution in [3.63, 3.8) is 0 Å². The molecule has 10 heteroatoms. The van der Waals surface area contributed by atoms with Crippen LogP contribution in [0.4, 0.5) is 0 Å². The summed E-state index contributed by atoms with van der Waals surface area (Å²) in [7, 11) is 2.94. The maximum Gasteiger partial charge on any atom is 0.343 e. The van der Waals surface area contributed by atoms with Crippen molar-refractivity contribution in [2.24, 2.45) is 5.10 Å². The molecule has 0 fully saturated rings. The molecule has 1 aromatic heterocycles. The normalized spacial score (nSPS) is 10.5. The first-order chi connectivity index (χ1) is 16.0. The van der Waals surface area contributed by atoms with Gasteiger partial charge in [0.25, 0.3) is 11.8 Å². The van der Waals surface area contributed by atoms with Crippen molar-refractivity contribution in [2.45, 2.75) is 0 Å². The molecule has 2 amide bonds. The number of methoxy groups -OCH3 is 2. The van der Waals surface area contributed by atoms with Crippen molar-refractivity contribution in [1.29, 1.82) is 0 Å². The van der Waals surface area contributed by atoms with Gasteiger partial charge in [0.1, 0.15) is 5.75 Å². The zero-order valence-electron chi connectivity index (χ0n) is 17.9. The lowest BCUT2D eigenvalue weighted by molar-refractivity contribution is -0.120. The van der Waals surface area contributed by atoms with E-state index in [4.69, 9.17) is 18.6 Å². The second kappa shape index (κ2) is 11.1. The van der Waals surface area contributed by atoms with Crippen molar-refractivity contribution >= 4 is 24.0 Å². The van der Waals surface area contributed by atoms with E-state index in [1.807, 2.05) is 0 Å². The minimum atomic E-state index is -0.572. The average Bonchev–Trinajstić information content (AvgIpc) is 3.38. The van der Waals surface area contributed by atoms with Crippen molar-refractivity contribution in [1.82, 2.24) is 10.7 Å². The molecule has 0 unspecified atom stereocenters. The van der Waals surface area contributed by atoms with E-state index >= 15 is 0 Å². The fourth-order valence-corrected chi connectivity index (χ4v) is 2.63. The highest BCUT2D eigenvalue weighted by molar-refractivity contribution is 5.94. The number of esters is 1. The zero-order valence-corrected chi connectivity index (χ0v) is 17.9. The molecule has 3 rings (SSSR count). The first-order valence-corrected chi connectivity index (χ1v) is 9.68. The van der Waals surface area contributed by atoms with Gasteiger partial charge in [0.05, 0.1) is 38.8 Å². The van der Waals surface area contributed by atoms with Crippen molar-refractivity contribution < 1.29 is 33.0 Å². The zero-order chi connectivity index (χ0) is 23.6. The number of carbonyl (C=O) groups excluding carboxylic acids is 3. The van der Waals surface area contributed by atoms with E-state index in [0.717, 1.165) is 0 Å². The van der Waals surface area contributed by atoms with Gasteiger partial charge in [-0.2, -0.15) is 5.10 Å². The summed E-state index contributed by atoms with van der Waals surface area (Å²) in [5.74, 6) is -0.460. The second-order valence-electron chi connectivity index (χ2n) is 6.48. The van der Waals surface area contributed by atoms with Crippen LogP contribution < -0.4 is 25.0 Å². The Balaban J connectivity index is 1.56. The number of rotatable bonds is 9. The maximum absolute atomic E-state index is 12.4. The molecule has 2 aromatic carbocycles. The highest BCUT2D eigenvalue weighted by Crippen LogP contribution is 2.28. The van der Waals surface area contributed by atoms with E-state index in [1.54, 1.807) is 48.5 Å². The highest BCUT2D eigenvalue weighted by Gasteiger charge is 2.14. The van der Waals surface area contributed by atoms with Crippen LogP contribution in [0.3, 0.4) is 0 Å². The minimum Gasteiger partial charge on any atom is -0.497 e. The first kappa shape index (κ1) is 23.1. The van der Waals surface area contributed by atoms with Gasteiger partial charge in [0.2, 0.25) is 0 Å². The quantitative estimate of drug-likeness (QED) is 0.221. The standard InChI is InChI=1S/C23H21N3O7/c1-30-17-6-3-5-16(12-17)23(29)33-18-9-8-15(11-20(18)31-2)13-25-26-21(27)14-24-22(28)19-7-4-10-32-19/h3-13H,14H2,1-2H3,(H,24,28)(H,26,27)/b25-13-. The molecule has 170 valence electrons. The lowest BCUT2D eigenvalue weighted by atomic mass is 10.2. The molecule has 2 N–H and O–H groups in total. The van der Waals surface area contributed by atoms with E-state index in [1.165, 1.54) is 32.8 Å². The number of nitrogens with zero attached hydrogens (tertiary/aromatic N) is 1. The number of nitrogens with one attached hydrogen (secondary N) is 2. The summed E-state index contributed by atoms with van der Waals surface area (Å²) in [4.78, 5) is 36.0. The molecule has 0 saturated heterocycles. The van der Waals surface area contributed by atoms with Crippen molar-refractivity contribution in [3.05, 3.63) is 77.7 Å². The number of furan rings is 1. The fraction of sp³-hybridized carbons (Fsp3) is 0.130. The predicted octanol–water partition coefficient (Wildman–Crippen LogP) is 2.40. The van der Waals surface area contributed by atoms with Crippen molar-refractivity contribution in [2.75, 3.05) is 20.8 Å². The van der Waals surface area contributed by atoms with Gasteiger partial charge in [0.15, 0.2) is 17.3 Å². The van der Waals surface area contributed by atoms with E-state index < -0.39 is 17.8 Å². The van der Waals surface area contributed by atoms with Gasteiger partial charge in [0, 0.05) is 0 Å². The monoisotopic (exact) mass is 451 g/mol. The highest BCUT2D eigenvalue weighted by atomic mass is 16.6. The Morgan fingerprint density at radius 2 is 1.85 bits per heavy atom. The lowest BCUT2D eigenvalue weighted by Crippen LogP contribution is -2.34. The maximum atomic E-state index is 12.4. The molecule has 0 bridgehead atoms. The Morgan fingerprint density at radius 1 is 1.00 bits per heavy atom. The van der Waals surface area contributed by atoms with E-state index in [-0.39, 0.29) is 18.1 Å². The summed E-state index contributed by atoms with van der Waals surface area (Å²) >= 11 is 0. The molecule has 0 aliphatic rings. The van der Waals surface area contributed by atoms with Gasteiger partial charge in [-0.3, -0.25) is 9.59 Å². The van der Waals surface area contributed by atoms with Gasteiger partial charge in [-0.15, -0.1) is 0 Å². The fourth-order valence-electron chi connectivity index (χ4n) is 2.63. The van der Waals surface area contributed by atoms with E-state index in [0.29, 0.717) is 22.6 Å². The summed E-state index contributed by atoms with van der Waals surface area (Å²) in [5.41, 5.74) is 3.20. The number of hydrogen-bond donors (Lipinski definition) is 2. The summed E-state index contributed by atoms with van der Waals surface area (Å²) in [6.45, 7) is -0.278. The van der Waals surface area contributed by atoms with Crippen LogP contribution in [0.15, 0.2) is 70.4 Å². The number of carbonyl (C=O) groups is 3. The summed E-state index contributed by atoms with van der Waals surface area (Å²) < 4.78 is 20.8. The van der Waals surface area contributed by atoms with E-state index in [9.17, 15) is 14.4 Å². The number of amides is 2. The van der Waals surface area contributed by atoms with Crippen LogP contribution in [0, 0.1) is 0 Å². The number of hydrazone groups is 1. The molecule has 3 aromatic rings. The predicted molar refractivity (Wildman–Crippen MR) is 118 cm³/mol. The SMILES string of the molecule is COc1cccc(C(=O)Oc2ccc(/C=N\NC(=O)CNC(=O)c3ccco3)cc2OC)c1. The molecular weight excluding hydrogens is 430 g/mol. The number of hydrogen-bond acceptors (Lipinski definition) is 8. The summed E-state index contributed by atoms with van der Waals surface area (Å²) in [6.07, 6.45) is 2.74. The van der Waals surface area contributed by atoms with Crippen LogP contribution in [0.1, 0.15) is 26.5 Å². The minimum absolute atomic E-state index is 0.102. The lowest BCUT2D eigenvalue weighted by Gasteiger charge is -2.10. The summed E-state index contributed by atoms with van der Waals surface area (Å²) in [5, 5.41) is 6.24. The Hall–Kier alpha value is -4.60. The number of benzene rings is 2. The van der Waals surface area contributed by atoms with Crippen molar-refractivity contribution in [3.8, 4) is 17.2 Å².